The number of nitrogens with zero attached hydrogens (tertiary/aromatic N) is 3. The molecule has 8 nitrogen and oxygen atoms in total. The normalized spacial score (nSPS) is 26.1. The Morgan fingerprint density at radius 3 is 2.73 bits per heavy atom. The van der Waals surface area contributed by atoms with Gasteiger partial charge < -0.3 is 20.6 Å². The van der Waals surface area contributed by atoms with E-state index in [9.17, 15) is 14.7 Å². The molecule has 30 heavy (non-hydrogen) atoms. The lowest BCUT2D eigenvalue weighted by atomic mass is 9.82. The zero-order valence-electron chi connectivity index (χ0n) is 17.2. The van der Waals surface area contributed by atoms with E-state index in [4.69, 9.17) is 0 Å². The van der Waals surface area contributed by atoms with Crippen molar-refractivity contribution in [2.75, 3.05) is 23.3 Å². The number of aliphatic hydroxyl groups is 1. The molecule has 2 aromatic rings. The molecule has 0 aliphatic carbocycles. The van der Waals surface area contributed by atoms with Gasteiger partial charge in [-0.1, -0.05) is 32.0 Å². The van der Waals surface area contributed by atoms with Crippen LogP contribution in [-0.4, -0.2) is 51.6 Å². The van der Waals surface area contributed by atoms with Crippen molar-refractivity contribution >= 4 is 23.5 Å². The number of carbonyl (C=O) groups is 2. The first kappa shape index (κ1) is 20.3. The third kappa shape index (κ3) is 3.63. The summed E-state index contributed by atoms with van der Waals surface area (Å²) < 4.78 is 0. The number of aliphatic hydroxyl groups excluding tert-OH is 1. The molecule has 1 aromatic carbocycles. The Labute approximate surface area is 175 Å². The van der Waals surface area contributed by atoms with E-state index >= 15 is 0 Å². The average molecular weight is 409 g/mol. The van der Waals surface area contributed by atoms with Crippen LogP contribution in [0.5, 0.6) is 0 Å². The second kappa shape index (κ2) is 8.02. The molecule has 1 spiro atoms. The Morgan fingerprint density at radius 1 is 1.27 bits per heavy atom. The molecule has 3 N–H and O–H groups in total. The number of anilines is 2. The average Bonchev–Trinajstić information content (AvgIpc) is 2.98. The number of benzene rings is 1. The van der Waals surface area contributed by atoms with Gasteiger partial charge in [0.05, 0.1) is 11.6 Å². The Bertz CT molecular complexity index is 935. The molecular weight excluding hydrogens is 382 g/mol. The van der Waals surface area contributed by atoms with E-state index in [0.29, 0.717) is 24.6 Å². The lowest BCUT2D eigenvalue weighted by Crippen LogP contribution is -2.60. The molecule has 2 amide bonds. The van der Waals surface area contributed by atoms with Crippen LogP contribution >= 0.6 is 0 Å². The van der Waals surface area contributed by atoms with Crippen molar-refractivity contribution in [2.24, 2.45) is 5.92 Å². The lowest BCUT2D eigenvalue weighted by molar-refractivity contribution is -0.132. The number of nitrogens with one attached hydrogen (secondary N) is 2. The predicted molar refractivity (Wildman–Crippen MR) is 113 cm³/mol. The van der Waals surface area contributed by atoms with Gasteiger partial charge in [-0.3, -0.25) is 9.59 Å². The number of carbonyl (C=O) groups excluding carboxylic acids is 2. The van der Waals surface area contributed by atoms with Crippen molar-refractivity contribution in [2.45, 2.75) is 44.2 Å². The highest BCUT2D eigenvalue weighted by molar-refractivity contribution is 6.09. The van der Waals surface area contributed by atoms with Crippen LogP contribution in [0.2, 0.25) is 0 Å². The van der Waals surface area contributed by atoms with Crippen LogP contribution < -0.4 is 15.5 Å². The highest BCUT2D eigenvalue weighted by atomic mass is 16.3. The van der Waals surface area contributed by atoms with Crippen LogP contribution in [0.4, 0.5) is 11.6 Å². The SMILES string of the molecule is CC(C)c1ccccc1NC(=O)C1C(=O)NC2(CCCN(c3ncccn3)C2)C1O. The van der Waals surface area contributed by atoms with Crippen molar-refractivity contribution in [3.63, 3.8) is 0 Å². The molecule has 3 heterocycles. The minimum Gasteiger partial charge on any atom is -0.389 e. The molecule has 0 saturated carbocycles. The fourth-order valence-electron chi connectivity index (χ4n) is 4.50. The molecule has 0 bridgehead atoms. The minimum atomic E-state index is -1.16. The maximum Gasteiger partial charge on any atom is 0.239 e. The van der Waals surface area contributed by atoms with Crippen LogP contribution in [0.25, 0.3) is 0 Å². The second-order valence-corrected chi connectivity index (χ2v) is 8.37. The summed E-state index contributed by atoms with van der Waals surface area (Å²) in [5, 5.41) is 16.9. The van der Waals surface area contributed by atoms with Crippen molar-refractivity contribution in [1.82, 2.24) is 15.3 Å². The molecule has 2 aliphatic rings. The first-order valence-corrected chi connectivity index (χ1v) is 10.3. The molecule has 0 radical (unpaired) electrons. The molecule has 3 atom stereocenters. The molecule has 2 fully saturated rings. The van der Waals surface area contributed by atoms with E-state index in [0.717, 1.165) is 18.5 Å². The van der Waals surface area contributed by atoms with Gasteiger partial charge in [0.2, 0.25) is 17.8 Å². The number of piperidine rings is 1. The third-order valence-electron chi connectivity index (χ3n) is 6.02. The van der Waals surface area contributed by atoms with Crippen molar-refractivity contribution in [3.05, 3.63) is 48.3 Å². The fourth-order valence-corrected chi connectivity index (χ4v) is 4.50. The standard InChI is InChI=1S/C22H27N5O3/c1-14(2)15-7-3-4-8-16(15)25-19(29)17-18(28)22(26-20(17)30)9-5-12-27(13-22)21-23-10-6-11-24-21/h3-4,6-8,10-11,14,17-18,28H,5,9,12-13H2,1-2H3,(H,25,29)(H,26,30). The van der Waals surface area contributed by atoms with E-state index in [1.165, 1.54) is 0 Å². The second-order valence-electron chi connectivity index (χ2n) is 8.37. The predicted octanol–water partition coefficient (Wildman–Crippen LogP) is 1.68. The summed E-state index contributed by atoms with van der Waals surface area (Å²) in [7, 11) is 0. The van der Waals surface area contributed by atoms with Gasteiger partial charge in [0, 0.05) is 31.2 Å². The number of aromatic nitrogens is 2. The lowest BCUT2D eigenvalue weighted by Gasteiger charge is -2.42. The summed E-state index contributed by atoms with van der Waals surface area (Å²) in [4.78, 5) is 36.3. The van der Waals surface area contributed by atoms with Gasteiger partial charge in [-0.05, 0) is 36.5 Å². The number of hydrogen-bond acceptors (Lipinski definition) is 6. The van der Waals surface area contributed by atoms with Gasteiger partial charge in [-0.15, -0.1) is 0 Å². The van der Waals surface area contributed by atoms with Gasteiger partial charge >= 0.3 is 0 Å². The molecule has 1 aromatic heterocycles. The Balaban J connectivity index is 1.54. The van der Waals surface area contributed by atoms with Crippen LogP contribution in [0.15, 0.2) is 42.7 Å². The number of hydrogen-bond donors (Lipinski definition) is 3. The van der Waals surface area contributed by atoms with Crippen molar-refractivity contribution < 1.29 is 14.7 Å². The Kier molecular flexibility index (Phi) is 5.42. The van der Waals surface area contributed by atoms with Gasteiger partial charge in [-0.2, -0.15) is 0 Å². The van der Waals surface area contributed by atoms with Crippen LogP contribution in [0.1, 0.15) is 38.2 Å². The molecule has 2 saturated heterocycles. The van der Waals surface area contributed by atoms with Gasteiger partial charge in [0.15, 0.2) is 0 Å². The van der Waals surface area contributed by atoms with E-state index < -0.39 is 29.4 Å². The summed E-state index contributed by atoms with van der Waals surface area (Å²) in [6.07, 6.45) is 3.53. The van der Waals surface area contributed by atoms with E-state index in [-0.39, 0.29) is 5.92 Å². The van der Waals surface area contributed by atoms with Crippen molar-refractivity contribution in [1.29, 1.82) is 0 Å². The molecular formula is C22H27N5O3. The highest BCUT2D eigenvalue weighted by Crippen LogP contribution is 2.36. The highest BCUT2D eigenvalue weighted by Gasteiger charge is 2.56. The smallest absolute Gasteiger partial charge is 0.239 e. The van der Waals surface area contributed by atoms with Crippen molar-refractivity contribution in [3.8, 4) is 0 Å². The minimum absolute atomic E-state index is 0.216. The maximum atomic E-state index is 13.0. The number of rotatable bonds is 4. The van der Waals surface area contributed by atoms with Gasteiger partial charge in [0.1, 0.15) is 5.92 Å². The largest absolute Gasteiger partial charge is 0.389 e. The molecule has 8 heteroatoms. The van der Waals surface area contributed by atoms with E-state index in [2.05, 4.69) is 20.6 Å². The monoisotopic (exact) mass is 409 g/mol. The maximum absolute atomic E-state index is 13.0. The molecule has 2 aliphatic heterocycles. The summed E-state index contributed by atoms with van der Waals surface area (Å²) >= 11 is 0. The first-order chi connectivity index (χ1) is 14.4. The molecule has 158 valence electrons. The third-order valence-corrected chi connectivity index (χ3v) is 6.02. The number of amides is 2. The van der Waals surface area contributed by atoms with Gasteiger partial charge in [0.25, 0.3) is 0 Å². The van der Waals surface area contributed by atoms with Crippen LogP contribution in [0.3, 0.4) is 0 Å². The Morgan fingerprint density at radius 2 is 2.00 bits per heavy atom. The summed E-state index contributed by atoms with van der Waals surface area (Å²) in [5.74, 6) is -1.33. The first-order valence-electron chi connectivity index (χ1n) is 10.3. The molecule has 3 unspecified atom stereocenters. The zero-order chi connectivity index (χ0) is 21.3. The fraction of sp³-hybridized carbons (Fsp3) is 0.455. The number of para-hydroxylation sites is 1. The summed E-state index contributed by atoms with van der Waals surface area (Å²) in [6, 6.07) is 9.26. The summed E-state index contributed by atoms with van der Waals surface area (Å²) in [6.45, 7) is 5.17. The zero-order valence-corrected chi connectivity index (χ0v) is 17.2. The van der Waals surface area contributed by atoms with Crippen LogP contribution in [0, 0.1) is 5.92 Å². The van der Waals surface area contributed by atoms with E-state index in [1.54, 1.807) is 18.5 Å². The van der Waals surface area contributed by atoms with Crippen LogP contribution in [-0.2, 0) is 9.59 Å². The van der Waals surface area contributed by atoms with E-state index in [1.807, 2.05) is 43.0 Å². The topological polar surface area (TPSA) is 107 Å². The Hall–Kier alpha value is -3.00. The summed E-state index contributed by atoms with van der Waals surface area (Å²) in [5.41, 5.74) is 0.758. The van der Waals surface area contributed by atoms with Gasteiger partial charge in [-0.25, -0.2) is 9.97 Å². The quantitative estimate of drug-likeness (QED) is 0.664. The molecule has 4 rings (SSSR count).